The van der Waals surface area contributed by atoms with E-state index in [0.717, 1.165) is 0 Å². The highest BCUT2D eigenvalue weighted by Crippen LogP contribution is 2.11. The lowest BCUT2D eigenvalue weighted by molar-refractivity contribution is -0.139. The minimum Gasteiger partial charge on any atom is -0.481 e. The number of hydrogen-bond acceptors (Lipinski definition) is 8. The molecule has 1 aromatic carbocycles. The van der Waals surface area contributed by atoms with Crippen molar-refractivity contribution < 1.29 is 48.5 Å². The predicted molar refractivity (Wildman–Crippen MR) is 118 cm³/mol. The van der Waals surface area contributed by atoms with E-state index in [9.17, 15) is 28.8 Å². The molecule has 0 aliphatic heterocycles. The summed E-state index contributed by atoms with van der Waals surface area (Å²) in [5.41, 5.74) is 0.109. The van der Waals surface area contributed by atoms with E-state index in [0.29, 0.717) is 51.4 Å². The zero-order valence-corrected chi connectivity index (χ0v) is 19.0. The average Bonchev–Trinajstić information content (AvgIpc) is 2.78. The van der Waals surface area contributed by atoms with Gasteiger partial charge in [-0.2, -0.15) is 0 Å². The number of benzene rings is 1. The van der Waals surface area contributed by atoms with Crippen molar-refractivity contribution in [1.29, 1.82) is 0 Å². The lowest BCUT2D eigenvalue weighted by Gasteiger charge is -2.05. The van der Waals surface area contributed by atoms with E-state index in [1.165, 1.54) is 24.3 Å². The Labute approximate surface area is 197 Å². The summed E-state index contributed by atoms with van der Waals surface area (Å²) in [7, 11) is 0. The topological polar surface area (TPSA) is 161 Å². The first kappa shape index (κ1) is 28.5. The molecule has 0 amide bonds. The molecule has 0 radical (unpaired) electrons. The monoisotopic (exact) mass is 478 g/mol. The van der Waals surface area contributed by atoms with Crippen LogP contribution in [0.1, 0.15) is 97.8 Å². The summed E-state index contributed by atoms with van der Waals surface area (Å²) in [5.74, 6) is -4.85. The minimum atomic E-state index is -0.866. The van der Waals surface area contributed by atoms with Crippen molar-refractivity contribution in [3.05, 3.63) is 35.4 Å². The average molecular weight is 478 g/mol. The Hall–Kier alpha value is -3.56. The van der Waals surface area contributed by atoms with Crippen LogP contribution in [0.5, 0.6) is 0 Å². The third-order valence-corrected chi connectivity index (χ3v) is 4.81. The van der Waals surface area contributed by atoms with Gasteiger partial charge in [0.2, 0.25) is 0 Å². The lowest BCUT2D eigenvalue weighted by atomic mass is 10.1. The predicted octanol–water partition coefficient (Wildman–Crippen LogP) is 3.90. The second-order valence-electron chi connectivity index (χ2n) is 7.72. The van der Waals surface area contributed by atoms with Gasteiger partial charge >= 0.3 is 35.8 Å². The van der Waals surface area contributed by atoms with Crippen LogP contribution in [0.2, 0.25) is 0 Å². The van der Waals surface area contributed by atoms with E-state index < -0.39 is 35.8 Å². The summed E-state index contributed by atoms with van der Waals surface area (Å²) < 4.78 is 9.51. The van der Waals surface area contributed by atoms with E-state index in [1.807, 2.05) is 0 Å². The van der Waals surface area contributed by atoms with Gasteiger partial charge in [0.15, 0.2) is 0 Å². The fourth-order valence-corrected chi connectivity index (χ4v) is 2.97. The summed E-state index contributed by atoms with van der Waals surface area (Å²) in [6, 6.07) is 5.13. The van der Waals surface area contributed by atoms with Crippen LogP contribution >= 0.6 is 0 Å². The first-order chi connectivity index (χ1) is 16.2. The first-order valence-electron chi connectivity index (χ1n) is 11.2. The largest absolute Gasteiger partial charge is 0.481 e. The Kier molecular flexibility index (Phi) is 13.5. The molecular weight excluding hydrogens is 448 g/mol. The van der Waals surface area contributed by atoms with Gasteiger partial charge in [-0.05, 0) is 49.9 Å². The van der Waals surface area contributed by atoms with E-state index in [-0.39, 0.29) is 36.8 Å². The molecule has 0 atom stereocenters. The number of esters is 4. The number of unbranched alkanes of at least 4 members (excludes halogenated alkanes) is 6. The molecule has 0 heterocycles. The van der Waals surface area contributed by atoms with Crippen LogP contribution in [0, 0.1) is 0 Å². The number of carbonyl (C=O) groups is 6. The molecule has 2 N–H and O–H groups in total. The molecular formula is C24H30O10. The number of hydrogen-bond donors (Lipinski definition) is 2. The number of carboxylic acid groups (broad SMARTS) is 2. The molecule has 0 spiro atoms. The van der Waals surface area contributed by atoms with Gasteiger partial charge in [0.05, 0.1) is 11.1 Å². The van der Waals surface area contributed by atoms with Crippen LogP contribution in [-0.4, -0.2) is 46.0 Å². The van der Waals surface area contributed by atoms with Crippen molar-refractivity contribution in [2.75, 3.05) is 0 Å². The second-order valence-corrected chi connectivity index (χ2v) is 7.72. The van der Waals surface area contributed by atoms with Crippen LogP contribution in [-0.2, 0) is 28.7 Å². The molecule has 0 saturated carbocycles. The zero-order valence-electron chi connectivity index (χ0n) is 19.0. The highest BCUT2D eigenvalue weighted by atomic mass is 16.6. The van der Waals surface area contributed by atoms with Gasteiger partial charge in [0, 0.05) is 25.7 Å². The van der Waals surface area contributed by atoms with Crippen molar-refractivity contribution >= 4 is 35.8 Å². The molecule has 1 aromatic rings. The molecule has 34 heavy (non-hydrogen) atoms. The van der Waals surface area contributed by atoms with Gasteiger partial charge in [-0.25, -0.2) is 9.59 Å². The maximum atomic E-state index is 12.0. The number of ether oxygens (including phenoxy) is 2. The van der Waals surface area contributed by atoms with Crippen LogP contribution in [0.4, 0.5) is 0 Å². The van der Waals surface area contributed by atoms with Crippen LogP contribution in [0.15, 0.2) is 24.3 Å². The SMILES string of the molecule is O=C(O)CCCCCCC(=O)OC(=O)c1ccc(C(=O)OC(=O)CCCCCCC(=O)O)cc1. The molecule has 0 fully saturated rings. The van der Waals surface area contributed by atoms with Gasteiger partial charge < -0.3 is 19.7 Å². The third-order valence-electron chi connectivity index (χ3n) is 4.81. The molecule has 0 saturated heterocycles. The van der Waals surface area contributed by atoms with Crippen molar-refractivity contribution in [3.8, 4) is 0 Å². The Balaban J connectivity index is 2.32. The van der Waals surface area contributed by atoms with Crippen molar-refractivity contribution in [3.63, 3.8) is 0 Å². The molecule has 0 bridgehead atoms. The highest BCUT2D eigenvalue weighted by Gasteiger charge is 2.16. The highest BCUT2D eigenvalue weighted by molar-refractivity contribution is 5.99. The Bertz CT molecular complexity index is 786. The number of carboxylic acids is 2. The standard InChI is InChI=1S/C24H30O10/c25-19(26)9-5-1-3-7-11-21(29)33-23(31)17-13-15-18(16-14-17)24(32)34-22(30)12-8-4-2-6-10-20(27)28/h13-16H,1-12H2,(H,25,26)(H,27,28). The molecule has 0 aliphatic carbocycles. The van der Waals surface area contributed by atoms with Gasteiger partial charge in [-0.1, -0.05) is 25.7 Å². The summed E-state index contributed by atoms with van der Waals surface area (Å²) in [6.45, 7) is 0. The number of aliphatic carboxylic acids is 2. The number of rotatable bonds is 16. The van der Waals surface area contributed by atoms with Crippen LogP contribution in [0.25, 0.3) is 0 Å². The molecule has 10 heteroatoms. The summed E-state index contributed by atoms with van der Waals surface area (Å²) in [4.78, 5) is 68.5. The van der Waals surface area contributed by atoms with E-state index >= 15 is 0 Å². The molecule has 0 aliphatic rings. The van der Waals surface area contributed by atoms with Gasteiger partial charge in [0.1, 0.15) is 0 Å². The molecule has 10 nitrogen and oxygen atoms in total. The van der Waals surface area contributed by atoms with Crippen molar-refractivity contribution in [2.24, 2.45) is 0 Å². The van der Waals surface area contributed by atoms with Crippen LogP contribution < -0.4 is 0 Å². The van der Waals surface area contributed by atoms with E-state index in [1.54, 1.807) is 0 Å². The first-order valence-corrected chi connectivity index (χ1v) is 11.2. The molecule has 0 aromatic heterocycles. The summed E-state index contributed by atoms with van der Waals surface area (Å²) >= 11 is 0. The molecule has 0 unspecified atom stereocenters. The quantitative estimate of drug-likeness (QED) is 0.202. The van der Waals surface area contributed by atoms with Gasteiger partial charge in [-0.3, -0.25) is 19.2 Å². The summed E-state index contributed by atoms with van der Waals surface area (Å²) in [6.07, 6.45) is 4.87. The Morgan fingerprint density at radius 2 is 0.794 bits per heavy atom. The van der Waals surface area contributed by atoms with Crippen molar-refractivity contribution in [1.82, 2.24) is 0 Å². The zero-order chi connectivity index (χ0) is 25.3. The number of carbonyl (C=O) groups excluding carboxylic acids is 4. The second kappa shape index (κ2) is 16.1. The molecule has 186 valence electrons. The smallest absolute Gasteiger partial charge is 0.345 e. The van der Waals surface area contributed by atoms with E-state index in [2.05, 4.69) is 0 Å². The van der Waals surface area contributed by atoms with Gasteiger partial charge in [0.25, 0.3) is 0 Å². The maximum Gasteiger partial charge on any atom is 0.345 e. The fraction of sp³-hybridized carbons (Fsp3) is 0.500. The van der Waals surface area contributed by atoms with E-state index in [4.69, 9.17) is 19.7 Å². The Morgan fingerprint density at radius 3 is 1.09 bits per heavy atom. The Morgan fingerprint density at radius 1 is 0.500 bits per heavy atom. The lowest BCUT2D eigenvalue weighted by Crippen LogP contribution is -2.14. The summed E-state index contributed by atoms with van der Waals surface area (Å²) in [5, 5.41) is 17.1. The fourth-order valence-electron chi connectivity index (χ4n) is 2.97. The van der Waals surface area contributed by atoms with Crippen LogP contribution in [0.3, 0.4) is 0 Å². The van der Waals surface area contributed by atoms with Gasteiger partial charge in [-0.15, -0.1) is 0 Å². The maximum absolute atomic E-state index is 12.0. The third kappa shape index (κ3) is 13.1. The normalized spacial score (nSPS) is 10.4. The molecule has 1 rings (SSSR count). The minimum absolute atomic E-state index is 0.0326. The van der Waals surface area contributed by atoms with Crippen molar-refractivity contribution in [2.45, 2.75) is 77.0 Å².